The third-order valence-electron chi connectivity index (χ3n) is 2.75. The maximum absolute atomic E-state index is 9.07. The van der Waals surface area contributed by atoms with Crippen LogP contribution in [0.2, 0.25) is 0 Å². The van der Waals surface area contributed by atoms with E-state index in [0.717, 1.165) is 30.2 Å². The molecule has 0 aliphatic carbocycles. The average Bonchev–Trinajstić information content (AvgIpc) is 2.43. The Balaban J connectivity index is 2.85. The van der Waals surface area contributed by atoms with Crippen molar-refractivity contribution in [1.82, 2.24) is 5.32 Å². The number of aliphatic hydroxyl groups is 1. The molecule has 0 aromatic heterocycles. The van der Waals surface area contributed by atoms with Crippen molar-refractivity contribution in [1.29, 1.82) is 0 Å². The first-order chi connectivity index (χ1) is 9.22. The molecular weight excluding hydrogens is 242 g/mol. The fraction of sp³-hybridized carbons (Fsp3) is 0.600. The van der Waals surface area contributed by atoms with Crippen LogP contribution in [0.25, 0.3) is 0 Å². The first kappa shape index (κ1) is 15.8. The van der Waals surface area contributed by atoms with Crippen LogP contribution in [0.15, 0.2) is 18.2 Å². The van der Waals surface area contributed by atoms with Crippen molar-refractivity contribution in [2.45, 2.75) is 27.3 Å². The van der Waals surface area contributed by atoms with E-state index < -0.39 is 0 Å². The Morgan fingerprint density at radius 3 is 2.68 bits per heavy atom. The minimum atomic E-state index is 0.113. The molecule has 0 saturated carbocycles. The van der Waals surface area contributed by atoms with Gasteiger partial charge in [-0.25, -0.2) is 0 Å². The van der Waals surface area contributed by atoms with Gasteiger partial charge in [0.2, 0.25) is 0 Å². The molecular formula is C15H25NO3. The molecule has 0 radical (unpaired) electrons. The van der Waals surface area contributed by atoms with Gasteiger partial charge in [-0.1, -0.05) is 26.0 Å². The molecule has 0 bridgehead atoms. The molecule has 19 heavy (non-hydrogen) atoms. The zero-order valence-electron chi connectivity index (χ0n) is 12.1. The van der Waals surface area contributed by atoms with Crippen LogP contribution in [-0.4, -0.2) is 31.5 Å². The van der Waals surface area contributed by atoms with Crippen LogP contribution in [-0.2, 0) is 6.54 Å². The Labute approximate surface area is 115 Å². The summed E-state index contributed by atoms with van der Waals surface area (Å²) in [7, 11) is 0. The standard InChI is InChI=1S/C15H25NO3/c1-4-16-9-13-7-6-8-14(18-5-2)15(13)19-11-12(3)10-17/h6-8,12,16-17H,4-5,9-11H2,1-3H3. The Hall–Kier alpha value is -1.26. The van der Waals surface area contributed by atoms with Crippen LogP contribution < -0.4 is 14.8 Å². The van der Waals surface area contributed by atoms with Gasteiger partial charge in [0.15, 0.2) is 11.5 Å². The Morgan fingerprint density at radius 2 is 2.05 bits per heavy atom. The molecule has 0 aliphatic heterocycles. The quantitative estimate of drug-likeness (QED) is 0.720. The van der Waals surface area contributed by atoms with Crippen molar-refractivity contribution < 1.29 is 14.6 Å². The Kier molecular flexibility index (Phi) is 7.30. The highest BCUT2D eigenvalue weighted by atomic mass is 16.5. The van der Waals surface area contributed by atoms with Crippen molar-refractivity contribution in [3.63, 3.8) is 0 Å². The molecule has 1 aromatic rings. The lowest BCUT2D eigenvalue weighted by molar-refractivity contribution is 0.169. The Morgan fingerprint density at radius 1 is 1.26 bits per heavy atom. The lowest BCUT2D eigenvalue weighted by Crippen LogP contribution is -2.16. The molecule has 1 aromatic carbocycles. The number of rotatable bonds is 9. The first-order valence-corrected chi connectivity index (χ1v) is 6.91. The van der Waals surface area contributed by atoms with Crippen molar-refractivity contribution in [3.8, 4) is 11.5 Å². The minimum absolute atomic E-state index is 0.113. The van der Waals surface area contributed by atoms with Gasteiger partial charge in [0.05, 0.1) is 13.2 Å². The largest absolute Gasteiger partial charge is 0.490 e. The zero-order valence-corrected chi connectivity index (χ0v) is 12.1. The summed E-state index contributed by atoms with van der Waals surface area (Å²) in [6.45, 7) is 8.85. The lowest BCUT2D eigenvalue weighted by atomic mass is 10.1. The fourth-order valence-electron chi connectivity index (χ4n) is 1.67. The summed E-state index contributed by atoms with van der Waals surface area (Å²) >= 11 is 0. The molecule has 0 heterocycles. The lowest BCUT2D eigenvalue weighted by Gasteiger charge is -2.18. The van der Waals surface area contributed by atoms with Gasteiger partial charge in [0, 0.05) is 24.6 Å². The van der Waals surface area contributed by atoms with E-state index in [1.54, 1.807) is 0 Å². The molecule has 1 atom stereocenters. The molecule has 1 rings (SSSR count). The van der Waals surface area contributed by atoms with Gasteiger partial charge in [-0.2, -0.15) is 0 Å². The summed E-state index contributed by atoms with van der Waals surface area (Å²) < 4.78 is 11.5. The monoisotopic (exact) mass is 267 g/mol. The second-order valence-electron chi connectivity index (χ2n) is 4.56. The van der Waals surface area contributed by atoms with Crippen LogP contribution in [0, 0.1) is 5.92 Å². The summed E-state index contributed by atoms with van der Waals surface area (Å²) in [5.41, 5.74) is 1.08. The molecule has 0 spiro atoms. The summed E-state index contributed by atoms with van der Waals surface area (Å²) in [6.07, 6.45) is 0. The Bertz CT molecular complexity index is 368. The van der Waals surface area contributed by atoms with Gasteiger partial charge >= 0.3 is 0 Å². The first-order valence-electron chi connectivity index (χ1n) is 6.91. The van der Waals surface area contributed by atoms with E-state index in [0.29, 0.717) is 13.2 Å². The van der Waals surface area contributed by atoms with E-state index in [2.05, 4.69) is 12.2 Å². The van der Waals surface area contributed by atoms with Crippen LogP contribution in [0.3, 0.4) is 0 Å². The number of nitrogens with one attached hydrogen (secondary N) is 1. The minimum Gasteiger partial charge on any atom is -0.490 e. The SMILES string of the molecule is CCNCc1cccc(OCC)c1OCC(C)CO. The molecule has 0 amide bonds. The number of ether oxygens (including phenoxy) is 2. The van der Waals surface area contributed by atoms with Crippen LogP contribution >= 0.6 is 0 Å². The van der Waals surface area contributed by atoms with Gasteiger partial charge in [-0.15, -0.1) is 0 Å². The number of benzene rings is 1. The van der Waals surface area contributed by atoms with Crippen molar-refractivity contribution >= 4 is 0 Å². The molecule has 0 aliphatic rings. The maximum atomic E-state index is 9.07. The van der Waals surface area contributed by atoms with E-state index in [-0.39, 0.29) is 12.5 Å². The number of hydrogen-bond acceptors (Lipinski definition) is 4. The van der Waals surface area contributed by atoms with Gasteiger partial charge in [0.25, 0.3) is 0 Å². The maximum Gasteiger partial charge on any atom is 0.165 e. The molecule has 1 unspecified atom stereocenters. The predicted octanol–water partition coefficient (Wildman–Crippen LogP) is 2.20. The average molecular weight is 267 g/mol. The number of para-hydroxylation sites is 1. The topological polar surface area (TPSA) is 50.7 Å². The second kappa shape index (κ2) is 8.77. The normalized spacial score (nSPS) is 12.2. The molecule has 0 saturated heterocycles. The van der Waals surface area contributed by atoms with E-state index in [4.69, 9.17) is 14.6 Å². The summed E-state index contributed by atoms with van der Waals surface area (Å²) in [4.78, 5) is 0. The highest BCUT2D eigenvalue weighted by Gasteiger charge is 2.12. The molecule has 108 valence electrons. The smallest absolute Gasteiger partial charge is 0.165 e. The fourth-order valence-corrected chi connectivity index (χ4v) is 1.67. The summed E-state index contributed by atoms with van der Waals surface area (Å²) in [5, 5.41) is 12.4. The molecule has 2 N–H and O–H groups in total. The third-order valence-corrected chi connectivity index (χ3v) is 2.75. The second-order valence-corrected chi connectivity index (χ2v) is 4.56. The van der Waals surface area contributed by atoms with Gasteiger partial charge in [-0.3, -0.25) is 0 Å². The van der Waals surface area contributed by atoms with E-state index in [9.17, 15) is 0 Å². The van der Waals surface area contributed by atoms with Crippen LogP contribution in [0.4, 0.5) is 0 Å². The number of aliphatic hydroxyl groups excluding tert-OH is 1. The van der Waals surface area contributed by atoms with Crippen molar-refractivity contribution in [3.05, 3.63) is 23.8 Å². The van der Waals surface area contributed by atoms with E-state index in [1.165, 1.54) is 0 Å². The van der Waals surface area contributed by atoms with E-state index >= 15 is 0 Å². The zero-order chi connectivity index (χ0) is 14.1. The van der Waals surface area contributed by atoms with Crippen LogP contribution in [0.5, 0.6) is 11.5 Å². The molecule has 4 nitrogen and oxygen atoms in total. The van der Waals surface area contributed by atoms with E-state index in [1.807, 2.05) is 32.0 Å². The van der Waals surface area contributed by atoms with Crippen LogP contribution in [0.1, 0.15) is 26.3 Å². The van der Waals surface area contributed by atoms with Crippen molar-refractivity contribution in [2.24, 2.45) is 5.92 Å². The predicted molar refractivity (Wildman–Crippen MR) is 76.7 cm³/mol. The summed E-state index contributed by atoms with van der Waals surface area (Å²) in [6, 6.07) is 5.92. The van der Waals surface area contributed by atoms with Crippen molar-refractivity contribution in [2.75, 3.05) is 26.4 Å². The molecule has 4 heteroatoms. The molecule has 0 fully saturated rings. The van der Waals surface area contributed by atoms with Gasteiger partial charge in [0.1, 0.15) is 0 Å². The van der Waals surface area contributed by atoms with Gasteiger partial charge < -0.3 is 19.9 Å². The number of hydrogen-bond donors (Lipinski definition) is 2. The van der Waals surface area contributed by atoms with Gasteiger partial charge in [-0.05, 0) is 19.5 Å². The third kappa shape index (κ3) is 5.09. The highest BCUT2D eigenvalue weighted by Crippen LogP contribution is 2.31. The summed E-state index contributed by atoms with van der Waals surface area (Å²) in [5.74, 6) is 1.66. The highest BCUT2D eigenvalue weighted by molar-refractivity contribution is 5.46.